The summed E-state index contributed by atoms with van der Waals surface area (Å²) in [6, 6.07) is 15.9. The molecule has 0 amide bonds. The van der Waals surface area contributed by atoms with Gasteiger partial charge in [-0.2, -0.15) is 0 Å². The summed E-state index contributed by atoms with van der Waals surface area (Å²) in [7, 11) is 8.18. The number of benzene rings is 2. The molecule has 0 aliphatic heterocycles. The van der Waals surface area contributed by atoms with Gasteiger partial charge in [-0.1, -0.05) is 35.9 Å². The zero-order chi connectivity index (χ0) is 32.9. The molecule has 47 heavy (non-hydrogen) atoms. The van der Waals surface area contributed by atoms with Gasteiger partial charge in [-0.15, -0.1) is 0 Å². The summed E-state index contributed by atoms with van der Waals surface area (Å²) in [5.41, 5.74) is 14.1. The predicted octanol–water partition coefficient (Wildman–Crippen LogP) is 4.31. The fourth-order valence-corrected chi connectivity index (χ4v) is 5.45. The lowest BCUT2D eigenvalue weighted by molar-refractivity contribution is 0.400. The van der Waals surface area contributed by atoms with Crippen molar-refractivity contribution in [2.45, 2.75) is 12.8 Å². The van der Waals surface area contributed by atoms with E-state index in [4.69, 9.17) is 27.3 Å². The smallest absolute Gasteiger partial charge is 0.197 e. The SMILES string of the molecule is CN(C)CCCc1nc2nccnc2n2c1nc1ccccc12.CN(C)CCN.Clc1nc2nccnc2n2c1nc1ccccc12. The Hall–Kier alpha value is -4.95. The van der Waals surface area contributed by atoms with Gasteiger partial charge in [0.2, 0.25) is 0 Å². The maximum atomic E-state index is 6.15. The minimum atomic E-state index is 0.333. The van der Waals surface area contributed by atoms with Crippen LogP contribution in [-0.4, -0.2) is 106 Å². The van der Waals surface area contributed by atoms with Crippen molar-refractivity contribution in [1.82, 2.24) is 58.5 Å². The zero-order valence-corrected chi connectivity index (χ0v) is 27.5. The van der Waals surface area contributed by atoms with Gasteiger partial charge in [-0.25, -0.2) is 39.9 Å². The highest BCUT2D eigenvalue weighted by molar-refractivity contribution is 6.32. The Morgan fingerprint density at radius 3 is 1.68 bits per heavy atom. The number of halogens is 1. The molecule has 6 aromatic heterocycles. The molecule has 0 atom stereocenters. The van der Waals surface area contributed by atoms with Gasteiger partial charge in [0.15, 0.2) is 39.0 Å². The highest BCUT2D eigenvalue weighted by Gasteiger charge is 2.15. The summed E-state index contributed by atoms with van der Waals surface area (Å²) in [5.74, 6) is 0. The molecule has 13 nitrogen and oxygen atoms in total. The maximum Gasteiger partial charge on any atom is 0.197 e. The minimum Gasteiger partial charge on any atom is -0.329 e. The fraction of sp³-hybridized carbons (Fsp3) is 0.273. The molecule has 0 bridgehead atoms. The van der Waals surface area contributed by atoms with Gasteiger partial charge >= 0.3 is 0 Å². The number of fused-ring (bicyclic) bond motifs is 10. The predicted molar refractivity (Wildman–Crippen MR) is 187 cm³/mol. The number of hydrogen-bond donors (Lipinski definition) is 1. The number of likely N-dealkylation sites (N-methyl/N-ethyl adjacent to an activating group) is 1. The summed E-state index contributed by atoms with van der Waals surface area (Å²) >= 11 is 6.15. The van der Waals surface area contributed by atoms with Crippen LogP contribution in [0, 0.1) is 0 Å². The molecule has 14 heteroatoms. The van der Waals surface area contributed by atoms with Crippen LogP contribution in [0.3, 0.4) is 0 Å². The molecule has 240 valence electrons. The maximum absolute atomic E-state index is 6.15. The molecule has 8 rings (SSSR count). The topological polar surface area (TPSA) is 144 Å². The van der Waals surface area contributed by atoms with Crippen LogP contribution in [0.15, 0.2) is 73.3 Å². The van der Waals surface area contributed by atoms with E-state index in [1.54, 1.807) is 24.8 Å². The molecule has 0 fully saturated rings. The van der Waals surface area contributed by atoms with Crippen LogP contribution < -0.4 is 5.73 Å². The molecule has 0 saturated heterocycles. The molecular weight excluding hydrogens is 614 g/mol. The van der Waals surface area contributed by atoms with Crippen LogP contribution >= 0.6 is 11.6 Å². The molecule has 8 aromatic rings. The van der Waals surface area contributed by atoms with Gasteiger partial charge in [-0.05, 0) is 71.8 Å². The van der Waals surface area contributed by atoms with Gasteiger partial charge in [0.05, 0.1) is 27.8 Å². The average Bonchev–Trinajstić information content (AvgIpc) is 3.66. The van der Waals surface area contributed by atoms with E-state index in [1.165, 1.54) is 0 Å². The van der Waals surface area contributed by atoms with E-state index in [0.717, 1.165) is 71.5 Å². The van der Waals surface area contributed by atoms with Crippen molar-refractivity contribution in [2.75, 3.05) is 47.8 Å². The summed E-state index contributed by atoms with van der Waals surface area (Å²) < 4.78 is 3.96. The number of rotatable bonds is 6. The van der Waals surface area contributed by atoms with E-state index < -0.39 is 0 Å². The lowest BCUT2D eigenvalue weighted by Gasteiger charge is -2.10. The van der Waals surface area contributed by atoms with Crippen molar-refractivity contribution in [3.8, 4) is 0 Å². The summed E-state index contributed by atoms with van der Waals surface area (Å²) in [6.07, 6.45) is 8.51. The fourth-order valence-electron chi connectivity index (χ4n) is 5.24. The monoisotopic (exact) mass is 649 g/mol. The highest BCUT2D eigenvalue weighted by Crippen LogP contribution is 2.25. The van der Waals surface area contributed by atoms with E-state index in [9.17, 15) is 0 Å². The zero-order valence-electron chi connectivity index (χ0n) is 26.8. The number of imidazole rings is 2. The number of aromatic nitrogens is 10. The summed E-state index contributed by atoms with van der Waals surface area (Å²) in [4.78, 5) is 39.8. The Morgan fingerprint density at radius 1 is 0.617 bits per heavy atom. The lowest BCUT2D eigenvalue weighted by Crippen LogP contribution is -2.20. The van der Waals surface area contributed by atoms with Gasteiger partial charge in [-0.3, -0.25) is 8.80 Å². The molecule has 0 radical (unpaired) electrons. The first kappa shape index (κ1) is 32.0. The van der Waals surface area contributed by atoms with Gasteiger partial charge < -0.3 is 15.5 Å². The van der Waals surface area contributed by atoms with Crippen LogP contribution in [0.25, 0.3) is 55.9 Å². The van der Waals surface area contributed by atoms with Gasteiger partial charge in [0, 0.05) is 37.9 Å². The van der Waals surface area contributed by atoms with E-state index in [2.05, 4.69) is 64.3 Å². The number of nitrogens with zero attached hydrogens (tertiary/aromatic N) is 12. The van der Waals surface area contributed by atoms with Crippen molar-refractivity contribution in [1.29, 1.82) is 0 Å². The number of para-hydroxylation sites is 4. The largest absolute Gasteiger partial charge is 0.329 e. The first-order valence-electron chi connectivity index (χ1n) is 15.3. The van der Waals surface area contributed by atoms with Crippen LogP contribution in [0.4, 0.5) is 0 Å². The molecule has 0 saturated carbocycles. The van der Waals surface area contributed by atoms with E-state index >= 15 is 0 Å². The Balaban J connectivity index is 0.000000143. The number of hydrogen-bond acceptors (Lipinski definition) is 11. The highest BCUT2D eigenvalue weighted by atomic mass is 35.5. The Kier molecular flexibility index (Phi) is 9.68. The second kappa shape index (κ2) is 14.2. The number of nitrogens with two attached hydrogens (primary N) is 1. The van der Waals surface area contributed by atoms with Crippen LogP contribution in [0.5, 0.6) is 0 Å². The van der Waals surface area contributed by atoms with Crippen LogP contribution in [0.2, 0.25) is 5.15 Å². The van der Waals surface area contributed by atoms with Crippen LogP contribution in [0.1, 0.15) is 12.1 Å². The molecule has 0 aliphatic carbocycles. The second-order valence-electron chi connectivity index (χ2n) is 11.4. The van der Waals surface area contributed by atoms with Crippen molar-refractivity contribution in [3.63, 3.8) is 0 Å². The third-order valence-corrected chi connectivity index (χ3v) is 7.60. The van der Waals surface area contributed by atoms with Crippen molar-refractivity contribution >= 4 is 67.6 Å². The molecule has 0 unspecified atom stereocenters. The Labute approximate surface area is 276 Å². The van der Waals surface area contributed by atoms with Crippen molar-refractivity contribution in [3.05, 3.63) is 84.2 Å². The van der Waals surface area contributed by atoms with Crippen molar-refractivity contribution < 1.29 is 0 Å². The standard InChI is InChI=1S/C17H18N6.C12H6ClN5.C4H12N2/c1-22(2)11-5-7-13-16-21-12-6-3-4-8-14(12)23(16)17-15(20-13)18-9-10-19-17;13-9-11-16-7-3-1-2-4-8(7)18(11)12-10(17-9)14-5-6-15-12;1-6(2)4-3-5/h3-4,6,8-10H,5,7,11H2,1-2H3;1-6H;3-5H2,1-2H3. The molecule has 0 spiro atoms. The van der Waals surface area contributed by atoms with E-state index in [-0.39, 0.29) is 0 Å². The molecular formula is C33H36ClN13. The van der Waals surface area contributed by atoms with E-state index in [1.807, 2.05) is 61.0 Å². The molecule has 0 aliphatic rings. The lowest BCUT2D eigenvalue weighted by atomic mass is 10.2. The first-order valence-corrected chi connectivity index (χ1v) is 15.6. The summed E-state index contributed by atoms with van der Waals surface area (Å²) in [6.45, 7) is 2.76. The Morgan fingerprint density at radius 2 is 1.13 bits per heavy atom. The summed E-state index contributed by atoms with van der Waals surface area (Å²) in [5, 5.41) is 0.333. The molecule has 2 aromatic carbocycles. The van der Waals surface area contributed by atoms with Crippen LogP contribution in [-0.2, 0) is 6.42 Å². The molecule has 6 heterocycles. The third kappa shape index (κ3) is 6.79. The van der Waals surface area contributed by atoms with Gasteiger partial charge in [0.1, 0.15) is 0 Å². The second-order valence-corrected chi connectivity index (χ2v) is 11.7. The van der Waals surface area contributed by atoms with Gasteiger partial charge in [0.25, 0.3) is 0 Å². The Bertz CT molecular complexity index is 2290. The molecule has 2 N–H and O–H groups in total. The van der Waals surface area contributed by atoms with Crippen molar-refractivity contribution in [2.24, 2.45) is 5.73 Å². The third-order valence-electron chi connectivity index (χ3n) is 7.35. The minimum absolute atomic E-state index is 0.333. The van der Waals surface area contributed by atoms with E-state index in [0.29, 0.717) is 27.7 Å². The normalized spacial score (nSPS) is 11.6. The first-order chi connectivity index (χ1) is 22.9. The average molecular weight is 650 g/mol. The number of aryl methyl sites for hydroxylation is 1. The quantitative estimate of drug-likeness (QED) is 0.275.